The van der Waals surface area contributed by atoms with E-state index in [0.717, 1.165) is 38.3 Å². The quantitative estimate of drug-likeness (QED) is 0.800. The molecule has 4 rings (SSSR count). The maximum Gasteiger partial charge on any atom is 0.225 e. The molecule has 3 heterocycles. The van der Waals surface area contributed by atoms with Crippen LogP contribution in [0.15, 0.2) is 24.3 Å². The molecule has 1 aromatic carbocycles. The van der Waals surface area contributed by atoms with Crippen LogP contribution in [0.1, 0.15) is 24.8 Å². The highest BCUT2D eigenvalue weighted by atomic mass is 16.5. The molecular weight excluding hydrogens is 304 g/mol. The minimum absolute atomic E-state index is 0.248. The molecule has 3 aliphatic heterocycles. The van der Waals surface area contributed by atoms with Gasteiger partial charge < -0.3 is 14.4 Å². The summed E-state index contributed by atoms with van der Waals surface area (Å²) in [5.74, 6) is 1.73. The van der Waals surface area contributed by atoms with Crippen LogP contribution in [-0.4, -0.2) is 62.2 Å². The standard InChI is InChI=1S/C19H28N2O3/c1-23-10-9-19(22)21-13-16-3-6-17(21)14-20(12-16)11-15-4-7-18(24-2)8-5-15/h4-5,7-8,16-17H,3,6,9-14H2,1-2H3/t16-,17+/m0/s1. The number of ether oxygens (including phenoxy) is 2. The fourth-order valence-electron chi connectivity index (χ4n) is 3.94. The second kappa shape index (κ2) is 7.99. The molecule has 3 saturated heterocycles. The summed E-state index contributed by atoms with van der Waals surface area (Å²) >= 11 is 0. The van der Waals surface area contributed by atoms with Crippen molar-refractivity contribution in [2.45, 2.75) is 31.8 Å². The summed E-state index contributed by atoms with van der Waals surface area (Å²) in [6.07, 6.45) is 2.86. The number of methoxy groups -OCH3 is 2. The third-order valence-electron chi connectivity index (χ3n) is 5.19. The summed E-state index contributed by atoms with van der Waals surface area (Å²) in [4.78, 5) is 17.1. The van der Waals surface area contributed by atoms with Gasteiger partial charge in [-0.1, -0.05) is 12.1 Å². The highest BCUT2D eigenvalue weighted by molar-refractivity contribution is 5.76. The average Bonchev–Trinajstić information content (AvgIpc) is 2.91. The maximum atomic E-state index is 12.4. The van der Waals surface area contributed by atoms with Gasteiger partial charge in [0, 0.05) is 39.3 Å². The Morgan fingerprint density at radius 2 is 1.92 bits per heavy atom. The fraction of sp³-hybridized carbons (Fsp3) is 0.632. The Morgan fingerprint density at radius 1 is 1.12 bits per heavy atom. The largest absolute Gasteiger partial charge is 0.497 e. The van der Waals surface area contributed by atoms with Crippen molar-refractivity contribution in [3.63, 3.8) is 0 Å². The van der Waals surface area contributed by atoms with Crippen molar-refractivity contribution in [2.75, 3.05) is 40.5 Å². The van der Waals surface area contributed by atoms with E-state index in [2.05, 4.69) is 21.9 Å². The third kappa shape index (κ3) is 4.08. The lowest BCUT2D eigenvalue weighted by atomic mass is 9.95. The van der Waals surface area contributed by atoms with Crippen molar-refractivity contribution in [2.24, 2.45) is 5.92 Å². The Bertz CT molecular complexity index is 546. The lowest BCUT2D eigenvalue weighted by molar-refractivity contribution is -0.136. The number of amides is 1. The number of benzene rings is 1. The molecule has 24 heavy (non-hydrogen) atoms. The first kappa shape index (κ1) is 17.2. The normalized spacial score (nSPS) is 24.0. The number of fused-ring (bicyclic) bond motifs is 4. The van der Waals surface area contributed by atoms with Gasteiger partial charge in [0.2, 0.25) is 5.91 Å². The van der Waals surface area contributed by atoms with Gasteiger partial charge in [0.25, 0.3) is 0 Å². The van der Waals surface area contributed by atoms with Crippen molar-refractivity contribution in [1.29, 1.82) is 0 Å². The predicted octanol–water partition coefficient (Wildman–Crippen LogP) is 2.15. The molecule has 0 aliphatic carbocycles. The van der Waals surface area contributed by atoms with Gasteiger partial charge in [-0.2, -0.15) is 0 Å². The highest BCUT2D eigenvalue weighted by Gasteiger charge is 2.36. The number of rotatable bonds is 6. The number of hydrogen-bond donors (Lipinski definition) is 0. The molecule has 0 spiro atoms. The van der Waals surface area contributed by atoms with E-state index < -0.39 is 0 Å². The van der Waals surface area contributed by atoms with Gasteiger partial charge in [-0.25, -0.2) is 0 Å². The first-order valence-corrected chi connectivity index (χ1v) is 8.83. The molecule has 5 nitrogen and oxygen atoms in total. The Hall–Kier alpha value is -1.59. The van der Waals surface area contributed by atoms with Crippen molar-refractivity contribution >= 4 is 5.91 Å². The van der Waals surface area contributed by atoms with E-state index in [4.69, 9.17) is 9.47 Å². The second-order valence-electron chi connectivity index (χ2n) is 6.93. The van der Waals surface area contributed by atoms with Gasteiger partial charge in [0.1, 0.15) is 5.75 Å². The van der Waals surface area contributed by atoms with Gasteiger partial charge in [0.15, 0.2) is 0 Å². The van der Waals surface area contributed by atoms with Crippen LogP contribution >= 0.6 is 0 Å². The number of piperidine rings is 1. The van der Waals surface area contributed by atoms with Crippen LogP contribution in [0.25, 0.3) is 0 Å². The Morgan fingerprint density at radius 3 is 2.62 bits per heavy atom. The molecule has 5 heteroatoms. The Balaban J connectivity index is 1.62. The van der Waals surface area contributed by atoms with E-state index in [1.807, 2.05) is 12.1 Å². The van der Waals surface area contributed by atoms with Crippen molar-refractivity contribution in [1.82, 2.24) is 9.80 Å². The second-order valence-corrected chi connectivity index (χ2v) is 6.93. The minimum Gasteiger partial charge on any atom is -0.497 e. The summed E-state index contributed by atoms with van der Waals surface area (Å²) in [6, 6.07) is 8.65. The van der Waals surface area contributed by atoms with E-state index in [0.29, 0.717) is 25.0 Å². The van der Waals surface area contributed by atoms with E-state index in [1.165, 1.54) is 12.0 Å². The molecule has 0 unspecified atom stereocenters. The van der Waals surface area contributed by atoms with E-state index in [1.54, 1.807) is 14.2 Å². The van der Waals surface area contributed by atoms with Crippen LogP contribution < -0.4 is 4.74 Å². The number of nitrogens with zero attached hydrogens (tertiary/aromatic N) is 2. The fourth-order valence-corrected chi connectivity index (χ4v) is 3.94. The zero-order valence-electron chi connectivity index (χ0n) is 14.7. The van der Waals surface area contributed by atoms with Gasteiger partial charge in [-0.15, -0.1) is 0 Å². The summed E-state index contributed by atoms with van der Waals surface area (Å²) < 4.78 is 10.3. The van der Waals surface area contributed by atoms with Crippen LogP contribution in [0.4, 0.5) is 0 Å². The maximum absolute atomic E-state index is 12.4. The summed E-state index contributed by atoms with van der Waals surface area (Å²) in [5.41, 5.74) is 1.30. The molecule has 0 saturated carbocycles. The van der Waals surface area contributed by atoms with E-state index >= 15 is 0 Å². The summed E-state index contributed by atoms with van der Waals surface area (Å²) in [6.45, 7) is 4.42. The molecule has 3 fully saturated rings. The van der Waals surface area contributed by atoms with Crippen molar-refractivity contribution in [3.05, 3.63) is 29.8 Å². The van der Waals surface area contributed by atoms with Crippen LogP contribution in [0, 0.1) is 5.92 Å². The number of hydrogen-bond acceptors (Lipinski definition) is 4. The van der Waals surface area contributed by atoms with Gasteiger partial charge in [-0.05, 0) is 36.5 Å². The van der Waals surface area contributed by atoms with E-state index in [-0.39, 0.29) is 5.91 Å². The predicted molar refractivity (Wildman–Crippen MR) is 93.0 cm³/mol. The van der Waals surface area contributed by atoms with Crippen LogP contribution in [0.2, 0.25) is 0 Å². The molecule has 0 N–H and O–H groups in total. The topological polar surface area (TPSA) is 42.0 Å². The monoisotopic (exact) mass is 332 g/mol. The van der Waals surface area contributed by atoms with Crippen LogP contribution in [0.5, 0.6) is 5.75 Å². The average molecular weight is 332 g/mol. The zero-order valence-corrected chi connectivity index (χ0v) is 14.7. The lowest BCUT2D eigenvalue weighted by Gasteiger charge is -2.36. The molecule has 132 valence electrons. The van der Waals surface area contributed by atoms with E-state index in [9.17, 15) is 4.79 Å². The smallest absolute Gasteiger partial charge is 0.225 e. The van der Waals surface area contributed by atoms with Gasteiger partial charge >= 0.3 is 0 Å². The van der Waals surface area contributed by atoms with Crippen molar-refractivity contribution < 1.29 is 14.3 Å². The van der Waals surface area contributed by atoms with Gasteiger partial charge in [0.05, 0.1) is 20.1 Å². The molecule has 2 atom stereocenters. The minimum atomic E-state index is 0.248. The zero-order chi connectivity index (χ0) is 16.9. The molecule has 0 aromatic heterocycles. The lowest BCUT2D eigenvalue weighted by Crippen LogP contribution is -2.47. The SMILES string of the molecule is COCCC(=O)N1C[C@H]2CC[C@@H]1CN(Cc1ccc(OC)cc1)C2. The molecule has 1 amide bonds. The highest BCUT2D eigenvalue weighted by Crippen LogP contribution is 2.29. The van der Waals surface area contributed by atoms with Gasteiger partial charge in [-0.3, -0.25) is 9.69 Å². The third-order valence-corrected chi connectivity index (χ3v) is 5.19. The number of carbonyl (C=O) groups excluding carboxylic acids is 1. The Kier molecular flexibility index (Phi) is 5.74. The Labute approximate surface area is 144 Å². The van der Waals surface area contributed by atoms with Crippen LogP contribution in [-0.2, 0) is 16.1 Å². The molecule has 0 radical (unpaired) electrons. The first-order valence-electron chi connectivity index (χ1n) is 8.83. The first-order chi connectivity index (χ1) is 11.7. The molecule has 2 bridgehead atoms. The molecule has 1 aromatic rings. The molecule has 3 aliphatic rings. The number of carbonyl (C=O) groups is 1. The van der Waals surface area contributed by atoms with Crippen molar-refractivity contribution in [3.8, 4) is 5.75 Å². The summed E-state index contributed by atoms with van der Waals surface area (Å²) in [5, 5.41) is 0. The summed E-state index contributed by atoms with van der Waals surface area (Å²) in [7, 11) is 3.34. The van der Waals surface area contributed by atoms with Crippen LogP contribution in [0.3, 0.4) is 0 Å². The molecular formula is C19H28N2O3.